The van der Waals surface area contributed by atoms with E-state index in [0.717, 1.165) is 18.4 Å². The number of nitrogens with one attached hydrogen (secondary N) is 1. The predicted molar refractivity (Wildman–Crippen MR) is 116 cm³/mol. The molecule has 8 nitrogen and oxygen atoms in total. The summed E-state index contributed by atoms with van der Waals surface area (Å²) in [7, 11) is -3.45. The number of hydrogen-bond acceptors (Lipinski definition) is 6. The highest BCUT2D eigenvalue weighted by atomic mass is 32.2. The minimum absolute atomic E-state index is 0.0727. The monoisotopic (exact) mass is 485 g/mol. The van der Waals surface area contributed by atoms with Crippen molar-refractivity contribution in [2.24, 2.45) is 5.92 Å². The zero-order valence-electron chi connectivity index (χ0n) is 17.8. The van der Waals surface area contributed by atoms with Crippen molar-refractivity contribution in [1.82, 2.24) is 0 Å². The maximum absolute atomic E-state index is 12.9. The van der Waals surface area contributed by atoms with E-state index < -0.39 is 38.1 Å². The smallest absolute Gasteiger partial charge is 0.366 e. The number of amides is 1. The largest absolute Gasteiger partial charge is 0.416 e. The van der Waals surface area contributed by atoms with Crippen LogP contribution in [0.3, 0.4) is 0 Å². The summed E-state index contributed by atoms with van der Waals surface area (Å²) in [4.78, 5) is 24.9. The van der Waals surface area contributed by atoms with Crippen molar-refractivity contribution in [3.63, 3.8) is 0 Å². The van der Waals surface area contributed by atoms with Gasteiger partial charge in [-0.3, -0.25) is 14.9 Å². The molecule has 2 aromatic rings. The first-order valence-corrected chi connectivity index (χ1v) is 11.9. The standard InChI is InChI=1S/C21H22F3N3O5S/c1-13-3-5-16(33(2,31)32)12-17(13)25-20(28)14-7-9-26(10-8-14)18-6-4-15(21(22,23)24)11-19(18)27(29)30/h3-6,11-12,14H,7-10H2,1-2H3,(H,25,28). The molecule has 1 aliphatic heterocycles. The minimum atomic E-state index is -4.69. The van der Waals surface area contributed by atoms with Crippen LogP contribution >= 0.6 is 0 Å². The van der Waals surface area contributed by atoms with Gasteiger partial charge in [0.05, 0.1) is 15.4 Å². The fourth-order valence-corrected chi connectivity index (χ4v) is 4.34. The molecule has 0 bridgehead atoms. The summed E-state index contributed by atoms with van der Waals surface area (Å²) in [6.07, 6.45) is -2.97. The molecule has 3 rings (SSSR count). The van der Waals surface area contributed by atoms with Gasteiger partial charge in [0.1, 0.15) is 5.69 Å². The van der Waals surface area contributed by atoms with E-state index in [1.54, 1.807) is 17.9 Å². The molecule has 178 valence electrons. The summed E-state index contributed by atoms with van der Waals surface area (Å²) >= 11 is 0. The van der Waals surface area contributed by atoms with E-state index in [0.29, 0.717) is 30.2 Å². The Balaban J connectivity index is 1.72. The third-order valence-electron chi connectivity index (χ3n) is 5.60. The number of nitrogens with zero attached hydrogens (tertiary/aromatic N) is 2. The second-order valence-electron chi connectivity index (χ2n) is 7.96. The van der Waals surface area contributed by atoms with Gasteiger partial charge in [0.15, 0.2) is 9.84 Å². The van der Waals surface area contributed by atoms with Crippen molar-refractivity contribution in [2.45, 2.75) is 30.8 Å². The summed E-state index contributed by atoms with van der Waals surface area (Å²) in [5, 5.41) is 14.1. The van der Waals surface area contributed by atoms with Crippen LogP contribution in [0.15, 0.2) is 41.3 Å². The van der Waals surface area contributed by atoms with Crippen LogP contribution in [0.5, 0.6) is 0 Å². The molecular weight excluding hydrogens is 463 g/mol. The number of piperidine rings is 1. The molecule has 12 heteroatoms. The van der Waals surface area contributed by atoms with E-state index in [1.807, 2.05) is 0 Å². The number of benzene rings is 2. The summed E-state index contributed by atoms with van der Waals surface area (Å²) in [5.41, 5.74) is -0.597. The van der Waals surface area contributed by atoms with Crippen molar-refractivity contribution < 1.29 is 31.3 Å². The zero-order chi connectivity index (χ0) is 24.6. The lowest BCUT2D eigenvalue weighted by molar-refractivity contribution is -0.384. The Bertz CT molecular complexity index is 1190. The fourth-order valence-electron chi connectivity index (χ4n) is 3.70. The number of nitro groups is 1. The van der Waals surface area contributed by atoms with Gasteiger partial charge in [0.25, 0.3) is 5.69 Å². The van der Waals surface area contributed by atoms with Crippen LogP contribution in [0.2, 0.25) is 0 Å². The number of carbonyl (C=O) groups excluding carboxylic acids is 1. The highest BCUT2D eigenvalue weighted by molar-refractivity contribution is 7.90. The number of rotatable bonds is 5. The lowest BCUT2D eigenvalue weighted by Crippen LogP contribution is -2.38. The Kier molecular flexibility index (Phi) is 6.68. The second-order valence-corrected chi connectivity index (χ2v) is 9.97. The molecule has 1 N–H and O–H groups in total. The predicted octanol–water partition coefficient (Wildman–Crippen LogP) is 4.18. The maximum Gasteiger partial charge on any atom is 0.416 e. The van der Waals surface area contributed by atoms with Gasteiger partial charge in [0, 0.05) is 37.0 Å². The lowest BCUT2D eigenvalue weighted by atomic mass is 9.95. The summed E-state index contributed by atoms with van der Waals surface area (Å²) in [5.74, 6) is -0.749. The van der Waals surface area contributed by atoms with E-state index in [4.69, 9.17) is 0 Å². The number of aryl methyl sites for hydroxylation is 1. The Morgan fingerprint density at radius 2 is 1.79 bits per heavy atom. The van der Waals surface area contributed by atoms with E-state index >= 15 is 0 Å². The Morgan fingerprint density at radius 1 is 1.15 bits per heavy atom. The summed E-state index contributed by atoms with van der Waals surface area (Å²) in [6, 6.07) is 6.85. The van der Waals surface area contributed by atoms with Crippen molar-refractivity contribution in [2.75, 3.05) is 29.6 Å². The molecule has 0 saturated carbocycles. The van der Waals surface area contributed by atoms with E-state index in [2.05, 4.69) is 5.32 Å². The molecule has 0 unspecified atom stereocenters. The summed E-state index contributed by atoms with van der Waals surface area (Å²) in [6.45, 7) is 2.22. The fraction of sp³-hybridized carbons (Fsp3) is 0.381. The lowest BCUT2D eigenvalue weighted by Gasteiger charge is -2.32. The normalized spacial score (nSPS) is 15.4. The molecular formula is C21H22F3N3O5S. The van der Waals surface area contributed by atoms with E-state index in [9.17, 15) is 36.5 Å². The third-order valence-corrected chi connectivity index (χ3v) is 6.71. The number of hydrogen-bond donors (Lipinski definition) is 1. The van der Waals surface area contributed by atoms with Crippen LogP contribution in [0.1, 0.15) is 24.0 Å². The average Bonchev–Trinajstić information content (AvgIpc) is 2.73. The number of carbonyl (C=O) groups is 1. The van der Waals surface area contributed by atoms with E-state index in [1.165, 1.54) is 12.1 Å². The van der Waals surface area contributed by atoms with Crippen LogP contribution in [0.25, 0.3) is 0 Å². The molecule has 1 aliphatic rings. The topological polar surface area (TPSA) is 110 Å². The highest BCUT2D eigenvalue weighted by Crippen LogP contribution is 2.37. The molecule has 1 heterocycles. The highest BCUT2D eigenvalue weighted by Gasteiger charge is 2.35. The first kappa shape index (κ1) is 24.5. The molecule has 2 aromatic carbocycles. The van der Waals surface area contributed by atoms with Gasteiger partial charge in [-0.15, -0.1) is 0 Å². The Morgan fingerprint density at radius 3 is 2.33 bits per heavy atom. The molecule has 1 saturated heterocycles. The first-order valence-electron chi connectivity index (χ1n) is 9.99. The summed E-state index contributed by atoms with van der Waals surface area (Å²) < 4.78 is 62.3. The van der Waals surface area contributed by atoms with Crippen LogP contribution in [0.4, 0.5) is 30.2 Å². The zero-order valence-corrected chi connectivity index (χ0v) is 18.7. The average molecular weight is 485 g/mol. The van der Waals surface area contributed by atoms with E-state index in [-0.39, 0.29) is 29.6 Å². The molecule has 1 amide bonds. The molecule has 0 spiro atoms. The first-order chi connectivity index (χ1) is 15.3. The maximum atomic E-state index is 12.9. The minimum Gasteiger partial charge on any atom is -0.366 e. The van der Waals surface area contributed by atoms with Crippen molar-refractivity contribution in [3.05, 3.63) is 57.6 Å². The van der Waals surface area contributed by atoms with Gasteiger partial charge in [-0.1, -0.05) is 6.07 Å². The molecule has 33 heavy (non-hydrogen) atoms. The van der Waals surface area contributed by atoms with Gasteiger partial charge >= 0.3 is 6.18 Å². The van der Waals surface area contributed by atoms with Crippen molar-refractivity contribution in [1.29, 1.82) is 0 Å². The number of anilines is 2. The number of sulfone groups is 1. The molecule has 0 atom stereocenters. The SMILES string of the molecule is Cc1ccc(S(C)(=O)=O)cc1NC(=O)C1CCN(c2ccc(C(F)(F)F)cc2[N+](=O)[O-])CC1. The molecule has 0 aliphatic carbocycles. The molecule has 0 radical (unpaired) electrons. The van der Waals surface area contributed by atoms with Crippen LogP contribution in [-0.2, 0) is 20.8 Å². The van der Waals surface area contributed by atoms with Crippen molar-refractivity contribution in [3.8, 4) is 0 Å². The molecule has 1 fully saturated rings. The van der Waals surface area contributed by atoms with Crippen LogP contribution in [0, 0.1) is 23.0 Å². The van der Waals surface area contributed by atoms with Gasteiger partial charge < -0.3 is 10.2 Å². The van der Waals surface area contributed by atoms with Gasteiger partial charge in [-0.2, -0.15) is 13.2 Å². The van der Waals surface area contributed by atoms with Crippen molar-refractivity contribution >= 4 is 32.8 Å². The molecule has 0 aromatic heterocycles. The third kappa shape index (κ3) is 5.62. The van der Waals surface area contributed by atoms with Gasteiger partial charge in [-0.05, 0) is 49.6 Å². The second kappa shape index (κ2) is 9.00. The number of alkyl halides is 3. The number of halogens is 3. The Hall–Kier alpha value is -3.15. The van der Waals surface area contributed by atoms with Crippen LogP contribution in [-0.4, -0.2) is 38.6 Å². The number of nitro benzene ring substituents is 1. The van der Waals surface area contributed by atoms with Crippen LogP contribution < -0.4 is 10.2 Å². The van der Waals surface area contributed by atoms with Gasteiger partial charge in [0.2, 0.25) is 5.91 Å². The van der Waals surface area contributed by atoms with Gasteiger partial charge in [-0.25, -0.2) is 8.42 Å². The Labute approximate surface area is 188 Å². The quantitative estimate of drug-likeness (QED) is 0.503.